The Bertz CT molecular complexity index is 914. The summed E-state index contributed by atoms with van der Waals surface area (Å²) in [5.74, 6) is -0.135. The largest absolute Gasteiger partial charge is 0.287 e. The van der Waals surface area contributed by atoms with Crippen LogP contribution in [0.2, 0.25) is 0 Å². The van der Waals surface area contributed by atoms with E-state index in [2.05, 4.69) is 10.2 Å². The van der Waals surface area contributed by atoms with Crippen LogP contribution in [0.25, 0.3) is 0 Å². The Labute approximate surface area is 153 Å². The van der Waals surface area contributed by atoms with E-state index in [-0.39, 0.29) is 5.78 Å². The quantitative estimate of drug-likeness (QED) is 0.346. The van der Waals surface area contributed by atoms with Gasteiger partial charge in [0.1, 0.15) is 5.71 Å². The van der Waals surface area contributed by atoms with Crippen LogP contribution in [0.4, 0.5) is 0 Å². The van der Waals surface area contributed by atoms with Crippen molar-refractivity contribution in [1.82, 2.24) is 0 Å². The molecule has 3 rings (SSSR count). The van der Waals surface area contributed by atoms with Gasteiger partial charge in [0.15, 0.2) is 0 Å². The van der Waals surface area contributed by atoms with Gasteiger partial charge in [-0.2, -0.15) is 5.10 Å². The highest BCUT2D eigenvalue weighted by atomic mass is 16.1. The maximum atomic E-state index is 13.0. The van der Waals surface area contributed by atoms with Crippen LogP contribution in [0.15, 0.2) is 101 Å². The van der Waals surface area contributed by atoms with E-state index in [0.29, 0.717) is 11.3 Å². The van der Waals surface area contributed by atoms with Gasteiger partial charge in [-0.3, -0.25) is 4.79 Å². The fraction of sp³-hybridized carbons (Fsp3) is 0.0870. The van der Waals surface area contributed by atoms with Crippen molar-refractivity contribution in [3.8, 4) is 0 Å². The maximum absolute atomic E-state index is 13.0. The van der Waals surface area contributed by atoms with E-state index in [4.69, 9.17) is 0 Å². The average molecular weight is 340 g/mol. The van der Waals surface area contributed by atoms with Gasteiger partial charge in [-0.15, -0.1) is 5.10 Å². The predicted octanol–water partition coefficient (Wildman–Crippen LogP) is 5.17. The minimum atomic E-state index is -0.135. The topological polar surface area (TPSA) is 41.8 Å². The highest BCUT2D eigenvalue weighted by Gasteiger charge is 2.16. The van der Waals surface area contributed by atoms with Gasteiger partial charge in [0.25, 0.3) is 0 Å². The number of hydrogen-bond donors (Lipinski definition) is 0. The van der Waals surface area contributed by atoms with Gasteiger partial charge in [-0.1, -0.05) is 97.9 Å². The number of carbonyl (C=O) groups is 1. The van der Waals surface area contributed by atoms with Gasteiger partial charge < -0.3 is 0 Å². The third-order valence-corrected chi connectivity index (χ3v) is 4.01. The van der Waals surface area contributed by atoms with Gasteiger partial charge in [0.2, 0.25) is 5.78 Å². The molecule has 0 unspecified atom stereocenters. The Morgan fingerprint density at radius 1 is 0.654 bits per heavy atom. The molecule has 0 aliphatic carbocycles. The van der Waals surface area contributed by atoms with Crippen molar-refractivity contribution in [3.05, 3.63) is 108 Å². The minimum Gasteiger partial charge on any atom is -0.287 e. The molecular formula is C23H20N2O. The zero-order valence-electron chi connectivity index (χ0n) is 14.7. The van der Waals surface area contributed by atoms with Crippen LogP contribution >= 0.6 is 0 Å². The van der Waals surface area contributed by atoms with E-state index >= 15 is 0 Å². The smallest absolute Gasteiger partial charge is 0.213 e. The normalized spacial score (nSPS) is 12.0. The number of ketones is 1. The Balaban J connectivity index is 2.04. The third kappa shape index (κ3) is 4.19. The fourth-order valence-electron chi connectivity index (χ4n) is 2.63. The van der Waals surface area contributed by atoms with Gasteiger partial charge in [-0.05, 0) is 12.0 Å². The summed E-state index contributed by atoms with van der Waals surface area (Å²) >= 11 is 0. The molecule has 3 aromatic rings. The fourth-order valence-corrected chi connectivity index (χ4v) is 2.63. The van der Waals surface area contributed by atoms with Crippen molar-refractivity contribution in [1.29, 1.82) is 0 Å². The van der Waals surface area contributed by atoms with E-state index in [9.17, 15) is 4.79 Å². The van der Waals surface area contributed by atoms with Crippen LogP contribution < -0.4 is 0 Å². The minimum absolute atomic E-state index is 0.135. The second-order valence-corrected chi connectivity index (χ2v) is 5.78. The van der Waals surface area contributed by atoms with Gasteiger partial charge in [0.05, 0.1) is 5.71 Å². The zero-order chi connectivity index (χ0) is 18.2. The van der Waals surface area contributed by atoms with Gasteiger partial charge in [-0.25, -0.2) is 0 Å². The van der Waals surface area contributed by atoms with Crippen LogP contribution in [0.3, 0.4) is 0 Å². The molecule has 3 heteroatoms. The first-order valence-corrected chi connectivity index (χ1v) is 8.64. The SMILES string of the molecule is CC/C(=N/N=C(\C(=O)c1ccccc1)c1ccccc1)c1ccccc1. The summed E-state index contributed by atoms with van der Waals surface area (Å²) < 4.78 is 0. The molecule has 0 saturated heterocycles. The average Bonchev–Trinajstić information content (AvgIpc) is 2.73. The van der Waals surface area contributed by atoms with Crippen molar-refractivity contribution in [3.63, 3.8) is 0 Å². The first kappa shape index (κ1) is 17.5. The van der Waals surface area contributed by atoms with Crippen LogP contribution in [0.1, 0.15) is 34.8 Å². The first-order valence-electron chi connectivity index (χ1n) is 8.64. The standard InChI is InChI=1S/C23H20N2O/c1-2-21(18-12-6-3-7-13-18)24-25-22(19-14-8-4-9-15-19)23(26)20-16-10-5-11-17-20/h3-17H,2H2,1H3/b24-21-,25-22-. The molecule has 0 saturated carbocycles. The molecule has 0 heterocycles. The Hall–Kier alpha value is -3.33. The lowest BCUT2D eigenvalue weighted by Gasteiger charge is -2.06. The van der Waals surface area contributed by atoms with E-state index < -0.39 is 0 Å². The highest BCUT2D eigenvalue weighted by molar-refractivity contribution is 6.51. The van der Waals surface area contributed by atoms with Crippen LogP contribution in [0, 0.1) is 0 Å². The number of nitrogens with zero attached hydrogens (tertiary/aromatic N) is 2. The van der Waals surface area contributed by atoms with E-state index in [1.165, 1.54) is 0 Å². The second kappa shape index (κ2) is 8.67. The summed E-state index contributed by atoms with van der Waals surface area (Å²) in [7, 11) is 0. The molecule has 0 aliphatic heterocycles. The molecule has 0 amide bonds. The number of carbonyl (C=O) groups excluding carboxylic acids is 1. The molecule has 0 bridgehead atoms. The lowest BCUT2D eigenvalue weighted by atomic mass is 10.0. The summed E-state index contributed by atoms with van der Waals surface area (Å²) in [4.78, 5) is 13.0. The summed E-state index contributed by atoms with van der Waals surface area (Å²) in [5.41, 5.74) is 3.56. The molecule has 0 fully saturated rings. The van der Waals surface area contributed by atoms with Crippen molar-refractivity contribution in [2.24, 2.45) is 10.2 Å². The van der Waals surface area contributed by atoms with Gasteiger partial charge >= 0.3 is 0 Å². The number of rotatable bonds is 6. The predicted molar refractivity (Wildman–Crippen MR) is 107 cm³/mol. The molecule has 0 radical (unpaired) electrons. The molecule has 0 aliphatic rings. The number of hydrogen-bond acceptors (Lipinski definition) is 3. The first-order chi connectivity index (χ1) is 12.8. The summed E-state index contributed by atoms with van der Waals surface area (Å²) in [6, 6.07) is 28.5. The monoisotopic (exact) mass is 340 g/mol. The molecule has 3 nitrogen and oxygen atoms in total. The van der Waals surface area contributed by atoms with E-state index in [1.54, 1.807) is 12.1 Å². The lowest BCUT2D eigenvalue weighted by molar-refractivity contribution is 0.106. The Morgan fingerprint density at radius 2 is 1.12 bits per heavy atom. The molecule has 0 atom stereocenters. The van der Waals surface area contributed by atoms with Crippen LogP contribution in [-0.4, -0.2) is 17.2 Å². The van der Waals surface area contributed by atoms with Crippen LogP contribution in [0.5, 0.6) is 0 Å². The van der Waals surface area contributed by atoms with Gasteiger partial charge in [0, 0.05) is 11.1 Å². The van der Waals surface area contributed by atoms with Crippen molar-refractivity contribution < 1.29 is 4.79 Å². The summed E-state index contributed by atoms with van der Waals surface area (Å²) in [6.07, 6.45) is 0.731. The number of benzene rings is 3. The van der Waals surface area contributed by atoms with E-state index in [0.717, 1.165) is 23.3 Å². The Kier molecular flexibility index (Phi) is 5.84. The molecular weight excluding hydrogens is 320 g/mol. The maximum Gasteiger partial charge on any atom is 0.213 e. The third-order valence-electron chi connectivity index (χ3n) is 4.01. The van der Waals surface area contributed by atoms with Crippen LogP contribution in [-0.2, 0) is 0 Å². The van der Waals surface area contributed by atoms with E-state index in [1.807, 2.05) is 85.8 Å². The number of Topliss-reactive ketones (excluding diaryl/α,β-unsaturated/α-hetero) is 1. The molecule has 0 spiro atoms. The molecule has 26 heavy (non-hydrogen) atoms. The van der Waals surface area contributed by atoms with Crippen molar-refractivity contribution >= 4 is 17.2 Å². The molecule has 3 aromatic carbocycles. The zero-order valence-corrected chi connectivity index (χ0v) is 14.7. The highest BCUT2D eigenvalue weighted by Crippen LogP contribution is 2.11. The second-order valence-electron chi connectivity index (χ2n) is 5.78. The Morgan fingerprint density at radius 3 is 1.62 bits per heavy atom. The molecule has 128 valence electrons. The van der Waals surface area contributed by atoms with Crippen molar-refractivity contribution in [2.75, 3.05) is 0 Å². The summed E-state index contributed by atoms with van der Waals surface area (Å²) in [6.45, 7) is 2.03. The van der Waals surface area contributed by atoms with Crippen molar-refractivity contribution in [2.45, 2.75) is 13.3 Å². The molecule has 0 N–H and O–H groups in total. The summed E-state index contributed by atoms with van der Waals surface area (Å²) in [5, 5.41) is 8.79. The molecule has 0 aromatic heterocycles. The lowest BCUT2D eigenvalue weighted by Crippen LogP contribution is -2.16.